The Kier molecular flexibility index (Phi) is 3.20. The Morgan fingerprint density at radius 2 is 2.05 bits per heavy atom. The summed E-state index contributed by atoms with van der Waals surface area (Å²) in [5, 5.41) is 4.05. The number of carbonyl (C=O) groups excluding carboxylic acids is 1. The summed E-state index contributed by atoms with van der Waals surface area (Å²) in [5.74, 6) is 1.41. The molecule has 2 aromatic rings. The number of nitrogens with zero attached hydrogens (tertiary/aromatic N) is 2. The largest absolute Gasteiger partial charge is 0.378 e. The predicted molar refractivity (Wildman–Crippen MR) is 78.2 cm³/mol. The highest BCUT2D eigenvalue weighted by Crippen LogP contribution is 2.42. The van der Waals surface area contributed by atoms with E-state index in [1.165, 1.54) is 4.90 Å². The van der Waals surface area contributed by atoms with Crippen molar-refractivity contribution in [3.8, 4) is 11.3 Å². The first-order valence-electron chi connectivity index (χ1n) is 6.92. The Morgan fingerprint density at radius 3 is 2.90 bits per heavy atom. The Bertz CT molecular complexity index is 692. The van der Waals surface area contributed by atoms with Gasteiger partial charge >= 0.3 is 0 Å². The molecule has 0 unspecified atom stereocenters. The lowest BCUT2D eigenvalue weighted by Crippen LogP contribution is -2.41. The van der Waals surface area contributed by atoms with Gasteiger partial charge in [0.2, 0.25) is 0 Å². The van der Waals surface area contributed by atoms with Crippen LogP contribution in [0, 0.1) is 0 Å². The summed E-state index contributed by atoms with van der Waals surface area (Å²) < 4.78 is 10.8. The zero-order valence-electron chi connectivity index (χ0n) is 11.4. The summed E-state index contributed by atoms with van der Waals surface area (Å²) in [7, 11) is 0. The molecule has 2 aliphatic heterocycles. The van der Waals surface area contributed by atoms with Crippen LogP contribution in [-0.4, -0.2) is 42.3 Å². The maximum Gasteiger partial charge on any atom is 0.276 e. The van der Waals surface area contributed by atoms with Crippen molar-refractivity contribution >= 4 is 17.7 Å². The lowest BCUT2D eigenvalue weighted by molar-refractivity contribution is 0.0296. The fourth-order valence-electron chi connectivity index (χ4n) is 2.67. The smallest absolute Gasteiger partial charge is 0.276 e. The lowest BCUT2D eigenvalue weighted by Gasteiger charge is -2.26. The minimum absolute atomic E-state index is 0.0525. The van der Waals surface area contributed by atoms with Gasteiger partial charge in [-0.05, 0) is 12.1 Å². The van der Waals surface area contributed by atoms with E-state index in [2.05, 4.69) is 11.2 Å². The van der Waals surface area contributed by atoms with Gasteiger partial charge in [0.25, 0.3) is 5.91 Å². The number of hydrogen-bond acceptors (Lipinski definition) is 5. The topological polar surface area (TPSA) is 55.6 Å². The summed E-state index contributed by atoms with van der Waals surface area (Å²) in [6, 6.07) is 8.05. The first-order valence-corrected chi connectivity index (χ1v) is 7.91. The fraction of sp³-hybridized carbons (Fsp3) is 0.333. The molecule has 1 fully saturated rings. The van der Waals surface area contributed by atoms with E-state index in [-0.39, 0.29) is 5.91 Å². The SMILES string of the molecule is O=C(c1noc2c1CSc1ccccc1-2)N1CCOCC1. The number of aromatic nitrogens is 1. The highest BCUT2D eigenvalue weighted by molar-refractivity contribution is 7.98. The molecule has 0 atom stereocenters. The van der Waals surface area contributed by atoms with Gasteiger partial charge in [0.15, 0.2) is 11.5 Å². The molecule has 0 N–H and O–H groups in total. The Labute approximate surface area is 126 Å². The molecular weight excluding hydrogens is 288 g/mol. The molecule has 1 saturated heterocycles. The van der Waals surface area contributed by atoms with Gasteiger partial charge in [-0.1, -0.05) is 17.3 Å². The van der Waals surface area contributed by atoms with Gasteiger partial charge in [0.1, 0.15) is 0 Å². The van der Waals surface area contributed by atoms with E-state index in [1.807, 2.05) is 18.2 Å². The molecular formula is C15H14N2O3S. The van der Waals surface area contributed by atoms with Gasteiger partial charge in [-0.2, -0.15) is 0 Å². The average Bonchev–Trinajstić information content (AvgIpc) is 2.99. The molecule has 2 aliphatic rings. The van der Waals surface area contributed by atoms with E-state index >= 15 is 0 Å². The minimum atomic E-state index is -0.0525. The van der Waals surface area contributed by atoms with E-state index in [1.54, 1.807) is 16.7 Å². The quantitative estimate of drug-likeness (QED) is 0.810. The first kappa shape index (κ1) is 12.9. The molecule has 6 heteroatoms. The van der Waals surface area contributed by atoms with Crippen LogP contribution in [0.15, 0.2) is 33.7 Å². The molecule has 4 rings (SSSR count). The van der Waals surface area contributed by atoms with Crippen LogP contribution in [0.2, 0.25) is 0 Å². The first-order chi connectivity index (χ1) is 10.3. The van der Waals surface area contributed by atoms with Gasteiger partial charge in [-0.25, -0.2) is 0 Å². The van der Waals surface area contributed by atoms with E-state index < -0.39 is 0 Å². The van der Waals surface area contributed by atoms with Gasteiger partial charge in [0.05, 0.1) is 13.2 Å². The monoisotopic (exact) mass is 302 g/mol. The second kappa shape index (κ2) is 5.20. The normalized spacial score (nSPS) is 17.2. The third-order valence-electron chi connectivity index (χ3n) is 3.79. The highest BCUT2D eigenvalue weighted by atomic mass is 32.2. The molecule has 0 saturated carbocycles. The molecule has 5 nitrogen and oxygen atoms in total. The number of fused-ring (bicyclic) bond motifs is 3. The number of thioether (sulfide) groups is 1. The second-order valence-electron chi connectivity index (χ2n) is 5.03. The van der Waals surface area contributed by atoms with Gasteiger partial charge in [-0.3, -0.25) is 4.79 Å². The standard InChI is InChI=1S/C15H14N2O3S/c18-15(17-5-7-19-8-6-17)13-11-9-21-12-4-2-1-3-10(12)14(11)20-16-13/h1-4H,5-9H2. The van der Waals surface area contributed by atoms with E-state index in [9.17, 15) is 4.79 Å². The number of benzene rings is 1. The third-order valence-corrected chi connectivity index (χ3v) is 4.89. The second-order valence-corrected chi connectivity index (χ2v) is 6.05. The zero-order valence-corrected chi connectivity index (χ0v) is 12.2. The maximum absolute atomic E-state index is 12.6. The lowest BCUT2D eigenvalue weighted by atomic mass is 10.1. The van der Waals surface area contributed by atoms with Gasteiger partial charge < -0.3 is 14.2 Å². The summed E-state index contributed by atoms with van der Waals surface area (Å²) in [6.07, 6.45) is 0. The molecule has 21 heavy (non-hydrogen) atoms. The van der Waals surface area contributed by atoms with Crippen LogP contribution < -0.4 is 0 Å². The van der Waals surface area contributed by atoms with Crippen molar-refractivity contribution in [2.75, 3.05) is 26.3 Å². The van der Waals surface area contributed by atoms with E-state index in [4.69, 9.17) is 9.26 Å². The van der Waals surface area contributed by atoms with Gasteiger partial charge in [-0.15, -0.1) is 11.8 Å². The van der Waals surface area contributed by atoms with Crippen LogP contribution in [-0.2, 0) is 10.5 Å². The number of ether oxygens (including phenoxy) is 1. The Hall–Kier alpha value is -1.79. The molecule has 1 aromatic carbocycles. The van der Waals surface area contributed by atoms with Crippen LogP contribution in [0.25, 0.3) is 11.3 Å². The molecule has 0 radical (unpaired) electrons. The van der Waals surface area contributed by atoms with Crippen molar-refractivity contribution in [1.82, 2.24) is 10.1 Å². The molecule has 108 valence electrons. The molecule has 1 amide bonds. The van der Waals surface area contributed by atoms with Crippen molar-refractivity contribution in [3.63, 3.8) is 0 Å². The van der Waals surface area contributed by atoms with Crippen LogP contribution in [0.1, 0.15) is 16.1 Å². The van der Waals surface area contributed by atoms with Crippen molar-refractivity contribution in [1.29, 1.82) is 0 Å². The number of rotatable bonds is 1. The van der Waals surface area contributed by atoms with Gasteiger partial charge in [0, 0.05) is 34.9 Å². The van der Waals surface area contributed by atoms with Crippen LogP contribution >= 0.6 is 11.8 Å². The van der Waals surface area contributed by atoms with Crippen LogP contribution in [0.5, 0.6) is 0 Å². The minimum Gasteiger partial charge on any atom is -0.378 e. The summed E-state index contributed by atoms with van der Waals surface area (Å²) in [6.45, 7) is 2.40. The average molecular weight is 302 g/mol. The number of carbonyl (C=O) groups is 1. The van der Waals surface area contributed by atoms with Crippen LogP contribution in [0.3, 0.4) is 0 Å². The highest BCUT2D eigenvalue weighted by Gasteiger charge is 2.30. The van der Waals surface area contributed by atoms with Crippen LogP contribution in [0.4, 0.5) is 0 Å². The van der Waals surface area contributed by atoms with Crippen molar-refractivity contribution in [2.24, 2.45) is 0 Å². The fourth-order valence-corrected chi connectivity index (χ4v) is 3.73. The van der Waals surface area contributed by atoms with Crippen molar-refractivity contribution in [2.45, 2.75) is 10.6 Å². The zero-order chi connectivity index (χ0) is 14.2. The summed E-state index contributed by atoms with van der Waals surface area (Å²) >= 11 is 1.72. The van der Waals surface area contributed by atoms with E-state index in [0.717, 1.165) is 22.6 Å². The van der Waals surface area contributed by atoms with E-state index in [0.29, 0.717) is 32.0 Å². The third kappa shape index (κ3) is 2.15. The Balaban J connectivity index is 1.71. The predicted octanol–water partition coefficient (Wildman–Crippen LogP) is 2.42. The Morgan fingerprint density at radius 1 is 1.24 bits per heavy atom. The molecule has 0 bridgehead atoms. The summed E-state index contributed by atoms with van der Waals surface area (Å²) in [4.78, 5) is 15.5. The molecule has 3 heterocycles. The number of morpholine rings is 1. The number of amides is 1. The molecule has 0 spiro atoms. The maximum atomic E-state index is 12.6. The molecule has 1 aromatic heterocycles. The van der Waals surface area contributed by atoms with Crippen molar-refractivity contribution in [3.05, 3.63) is 35.5 Å². The van der Waals surface area contributed by atoms with Crippen molar-refractivity contribution < 1.29 is 14.1 Å². The molecule has 0 aliphatic carbocycles. The summed E-state index contributed by atoms with van der Waals surface area (Å²) in [5.41, 5.74) is 2.39. The number of hydrogen-bond donors (Lipinski definition) is 0.